The summed E-state index contributed by atoms with van der Waals surface area (Å²) >= 11 is 0. The van der Waals surface area contributed by atoms with Crippen LogP contribution in [0.15, 0.2) is 72.9 Å². The molecule has 0 bridgehead atoms. The summed E-state index contributed by atoms with van der Waals surface area (Å²) in [4.78, 5) is 16.4. The molecule has 23 heavy (non-hydrogen) atoms. The van der Waals surface area contributed by atoms with Crippen molar-refractivity contribution in [3.8, 4) is 6.07 Å². The van der Waals surface area contributed by atoms with E-state index in [0.29, 0.717) is 5.69 Å². The molecule has 0 spiro atoms. The molecule has 0 saturated heterocycles. The van der Waals surface area contributed by atoms with E-state index in [1.54, 1.807) is 30.5 Å². The third-order valence-corrected chi connectivity index (χ3v) is 3.65. The first-order valence-electron chi connectivity index (χ1n) is 7.30. The Morgan fingerprint density at radius 2 is 1.83 bits per heavy atom. The Balaban J connectivity index is 1.89. The highest BCUT2D eigenvalue weighted by molar-refractivity contribution is 6.02. The topological polar surface area (TPSA) is 53.8 Å². The van der Waals surface area contributed by atoms with Gasteiger partial charge in [-0.2, -0.15) is 5.26 Å². The van der Waals surface area contributed by atoms with Crippen LogP contribution < -0.4 is 0 Å². The predicted octanol–water partition coefficient (Wildman–Crippen LogP) is 4.12. The van der Waals surface area contributed by atoms with E-state index in [4.69, 9.17) is 0 Å². The molecule has 0 amide bonds. The van der Waals surface area contributed by atoms with Crippen LogP contribution in [0.3, 0.4) is 0 Å². The van der Waals surface area contributed by atoms with Crippen molar-refractivity contribution in [2.24, 2.45) is 0 Å². The van der Waals surface area contributed by atoms with Gasteiger partial charge in [0.05, 0.1) is 11.8 Å². The molecule has 3 nitrogen and oxygen atoms in total. The van der Waals surface area contributed by atoms with E-state index in [1.807, 2.05) is 48.5 Å². The lowest BCUT2D eigenvalue weighted by atomic mass is 9.99. The Kier molecular flexibility index (Phi) is 4.26. The van der Waals surface area contributed by atoms with Crippen LogP contribution in [-0.4, -0.2) is 10.8 Å². The average molecular weight is 298 g/mol. The van der Waals surface area contributed by atoms with Crippen molar-refractivity contribution in [2.75, 3.05) is 0 Å². The van der Waals surface area contributed by atoms with E-state index in [1.165, 1.54) is 6.08 Å². The maximum Gasteiger partial charge on any atom is 0.178 e. The van der Waals surface area contributed by atoms with Crippen molar-refractivity contribution in [2.45, 2.75) is 5.92 Å². The first kappa shape index (κ1) is 14.7. The number of fused-ring (bicyclic) bond motifs is 1. The van der Waals surface area contributed by atoms with Gasteiger partial charge in [0.1, 0.15) is 0 Å². The van der Waals surface area contributed by atoms with Gasteiger partial charge in [0, 0.05) is 6.20 Å². The van der Waals surface area contributed by atoms with Gasteiger partial charge in [-0.3, -0.25) is 9.78 Å². The Hall–Kier alpha value is -3.25. The van der Waals surface area contributed by atoms with E-state index < -0.39 is 5.92 Å². The fourth-order valence-electron chi connectivity index (χ4n) is 2.49. The van der Waals surface area contributed by atoms with E-state index >= 15 is 0 Å². The molecule has 0 radical (unpaired) electrons. The molecule has 0 aliphatic heterocycles. The lowest BCUT2D eigenvalue weighted by Crippen LogP contribution is -2.09. The number of nitriles is 1. The molecule has 3 rings (SSSR count). The summed E-state index contributed by atoms with van der Waals surface area (Å²) < 4.78 is 0. The SMILES string of the molecule is N#CC(C(=O)C=Cc1cccc2ccccc12)c1ccccn1. The summed E-state index contributed by atoms with van der Waals surface area (Å²) in [6.07, 6.45) is 4.81. The molecular weight excluding hydrogens is 284 g/mol. The lowest BCUT2D eigenvalue weighted by molar-refractivity contribution is -0.114. The summed E-state index contributed by atoms with van der Waals surface area (Å²) in [5.41, 5.74) is 1.43. The maximum atomic E-state index is 12.3. The van der Waals surface area contributed by atoms with Crippen molar-refractivity contribution in [1.82, 2.24) is 4.98 Å². The zero-order chi connectivity index (χ0) is 16.1. The molecular formula is C20H14N2O. The number of allylic oxidation sites excluding steroid dienone is 1. The minimum Gasteiger partial charge on any atom is -0.293 e. The molecule has 1 atom stereocenters. The lowest BCUT2D eigenvalue weighted by Gasteiger charge is -2.04. The van der Waals surface area contributed by atoms with E-state index in [9.17, 15) is 10.1 Å². The quantitative estimate of drug-likeness (QED) is 0.681. The second-order valence-electron chi connectivity index (χ2n) is 5.12. The Morgan fingerprint density at radius 3 is 2.61 bits per heavy atom. The van der Waals surface area contributed by atoms with Crippen molar-refractivity contribution in [3.05, 3.63) is 84.2 Å². The van der Waals surface area contributed by atoms with E-state index in [0.717, 1.165) is 16.3 Å². The monoisotopic (exact) mass is 298 g/mol. The summed E-state index contributed by atoms with van der Waals surface area (Å²) in [5, 5.41) is 11.5. The van der Waals surface area contributed by atoms with Crippen molar-refractivity contribution < 1.29 is 4.79 Å². The van der Waals surface area contributed by atoms with Crippen molar-refractivity contribution >= 4 is 22.6 Å². The standard InChI is InChI=1S/C20H14N2O/c21-14-18(19-10-3-4-13-22-19)20(23)12-11-16-8-5-7-15-6-1-2-9-17(15)16/h1-13,18H. The molecule has 110 valence electrons. The molecule has 2 aromatic carbocycles. The number of hydrogen-bond acceptors (Lipinski definition) is 3. The molecule has 3 aromatic rings. The third-order valence-electron chi connectivity index (χ3n) is 3.65. The van der Waals surface area contributed by atoms with Gasteiger partial charge in [0.2, 0.25) is 0 Å². The molecule has 0 N–H and O–H groups in total. The number of ketones is 1. The number of benzene rings is 2. The Labute approximate surface area is 134 Å². The largest absolute Gasteiger partial charge is 0.293 e. The average Bonchev–Trinajstić information content (AvgIpc) is 2.61. The molecule has 1 unspecified atom stereocenters. The summed E-state index contributed by atoms with van der Waals surface area (Å²) in [6, 6.07) is 21.2. The second kappa shape index (κ2) is 6.67. The highest BCUT2D eigenvalue weighted by atomic mass is 16.1. The van der Waals surface area contributed by atoms with Crippen LogP contribution in [0.1, 0.15) is 17.2 Å². The normalized spacial score (nSPS) is 12.1. The van der Waals surface area contributed by atoms with Gasteiger partial charge in [0.15, 0.2) is 11.7 Å². The molecule has 0 aliphatic carbocycles. The number of carbonyl (C=O) groups is 1. The number of nitrogens with zero attached hydrogens (tertiary/aromatic N) is 2. The van der Waals surface area contributed by atoms with Crippen LogP contribution in [0, 0.1) is 11.3 Å². The van der Waals surface area contributed by atoms with Gasteiger partial charge in [-0.15, -0.1) is 0 Å². The predicted molar refractivity (Wildman–Crippen MR) is 90.6 cm³/mol. The van der Waals surface area contributed by atoms with Crippen LogP contribution in [-0.2, 0) is 4.79 Å². The number of pyridine rings is 1. The first-order chi connectivity index (χ1) is 11.3. The van der Waals surface area contributed by atoms with Crippen LogP contribution >= 0.6 is 0 Å². The minimum absolute atomic E-state index is 0.265. The molecule has 3 heteroatoms. The highest BCUT2D eigenvalue weighted by Crippen LogP contribution is 2.20. The summed E-state index contributed by atoms with van der Waals surface area (Å²) in [7, 11) is 0. The Bertz CT molecular complexity index is 902. The molecule has 0 fully saturated rings. The summed E-state index contributed by atoms with van der Waals surface area (Å²) in [5.74, 6) is -1.14. The minimum atomic E-state index is -0.873. The molecule has 1 heterocycles. The number of rotatable bonds is 4. The van der Waals surface area contributed by atoms with Gasteiger partial charge in [-0.05, 0) is 34.5 Å². The van der Waals surface area contributed by atoms with Crippen LogP contribution in [0.25, 0.3) is 16.8 Å². The van der Waals surface area contributed by atoms with Crippen LogP contribution in [0.5, 0.6) is 0 Å². The van der Waals surface area contributed by atoms with Crippen molar-refractivity contribution in [1.29, 1.82) is 5.26 Å². The zero-order valence-corrected chi connectivity index (χ0v) is 12.4. The second-order valence-corrected chi connectivity index (χ2v) is 5.12. The fraction of sp³-hybridized carbons (Fsp3) is 0.0500. The summed E-state index contributed by atoms with van der Waals surface area (Å²) in [6.45, 7) is 0. The zero-order valence-electron chi connectivity index (χ0n) is 12.4. The van der Waals surface area contributed by atoms with Gasteiger partial charge in [-0.1, -0.05) is 54.6 Å². The van der Waals surface area contributed by atoms with Crippen LogP contribution in [0.4, 0.5) is 0 Å². The molecule has 0 saturated carbocycles. The number of carbonyl (C=O) groups excluding carboxylic acids is 1. The number of hydrogen-bond donors (Lipinski definition) is 0. The van der Waals surface area contributed by atoms with Gasteiger partial charge < -0.3 is 0 Å². The molecule has 0 aliphatic rings. The third kappa shape index (κ3) is 3.17. The van der Waals surface area contributed by atoms with Crippen molar-refractivity contribution in [3.63, 3.8) is 0 Å². The van der Waals surface area contributed by atoms with Gasteiger partial charge in [-0.25, -0.2) is 0 Å². The molecule has 1 aromatic heterocycles. The van der Waals surface area contributed by atoms with Crippen LogP contribution in [0.2, 0.25) is 0 Å². The number of aromatic nitrogens is 1. The fourth-order valence-corrected chi connectivity index (χ4v) is 2.49. The van der Waals surface area contributed by atoms with Gasteiger partial charge >= 0.3 is 0 Å². The van der Waals surface area contributed by atoms with E-state index in [2.05, 4.69) is 4.98 Å². The first-order valence-corrected chi connectivity index (χ1v) is 7.30. The smallest absolute Gasteiger partial charge is 0.178 e. The van der Waals surface area contributed by atoms with Gasteiger partial charge in [0.25, 0.3) is 0 Å². The Morgan fingerprint density at radius 1 is 1.04 bits per heavy atom. The highest BCUT2D eigenvalue weighted by Gasteiger charge is 2.18. The van der Waals surface area contributed by atoms with E-state index in [-0.39, 0.29) is 5.78 Å². The maximum absolute atomic E-state index is 12.3.